The first-order chi connectivity index (χ1) is 18.3. The number of rotatable bonds is 12. The Bertz CT molecular complexity index is 1520. The molecule has 5 rings (SSSR count). The molecule has 190 valence electrons. The lowest BCUT2D eigenvalue weighted by Gasteiger charge is -2.13. The van der Waals surface area contributed by atoms with Gasteiger partial charge in [-0.05, 0) is 42.7 Å². The Morgan fingerprint density at radius 1 is 0.703 bits per heavy atom. The van der Waals surface area contributed by atoms with Gasteiger partial charge in [-0.25, -0.2) is 4.98 Å². The highest BCUT2D eigenvalue weighted by molar-refractivity contribution is 9.09. The van der Waals surface area contributed by atoms with Crippen molar-refractivity contribution in [3.8, 4) is 22.4 Å². The van der Waals surface area contributed by atoms with E-state index in [1.54, 1.807) is 0 Å². The van der Waals surface area contributed by atoms with Gasteiger partial charge in [-0.1, -0.05) is 103 Å². The third-order valence-electron chi connectivity index (χ3n) is 7.12. The average molecular weight is 557 g/mol. The lowest BCUT2D eigenvalue weighted by molar-refractivity contribution is 0.544. The van der Waals surface area contributed by atoms with Crippen molar-refractivity contribution in [3.63, 3.8) is 0 Å². The van der Waals surface area contributed by atoms with Gasteiger partial charge in [0.15, 0.2) is 0 Å². The SMILES string of the molecule is O=c1c(-c2cn3ccccc3c2-c2ccccc2)nc2ccccc2n1CCCCCCCCCCBr. The maximum atomic E-state index is 14.0. The van der Waals surface area contributed by atoms with Crippen LogP contribution in [0.2, 0.25) is 0 Å². The molecule has 0 N–H and O–H groups in total. The van der Waals surface area contributed by atoms with E-state index in [1.165, 1.54) is 38.5 Å². The highest BCUT2D eigenvalue weighted by atomic mass is 79.9. The Morgan fingerprint density at radius 2 is 1.35 bits per heavy atom. The molecule has 0 bridgehead atoms. The molecule has 5 heteroatoms. The number of halogens is 1. The van der Waals surface area contributed by atoms with Gasteiger partial charge >= 0.3 is 0 Å². The van der Waals surface area contributed by atoms with Crippen molar-refractivity contribution in [1.29, 1.82) is 0 Å². The molecule has 0 saturated heterocycles. The first kappa shape index (κ1) is 25.5. The molecule has 0 unspecified atom stereocenters. The number of pyridine rings is 1. The Kier molecular flexibility index (Phi) is 8.52. The second-order valence-electron chi connectivity index (χ2n) is 9.70. The van der Waals surface area contributed by atoms with Crippen molar-refractivity contribution < 1.29 is 0 Å². The maximum Gasteiger partial charge on any atom is 0.277 e. The van der Waals surface area contributed by atoms with Gasteiger partial charge in [-0.2, -0.15) is 0 Å². The van der Waals surface area contributed by atoms with Crippen LogP contribution < -0.4 is 5.56 Å². The van der Waals surface area contributed by atoms with Crippen molar-refractivity contribution >= 4 is 32.5 Å². The van der Waals surface area contributed by atoms with Crippen LogP contribution in [0.25, 0.3) is 38.9 Å². The number of alkyl halides is 1. The highest BCUT2D eigenvalue weighted by Crippen LogP contribution is 2.35. The largest absolute Gasteiger partial charge is 0.323 e. The molecular weight excluding hydrogens is 522 g/mol. The molecule has 0 amide bonds. The van der Waals surface area contributed by atoms with Crippen LogP contribution >= 0.6 is 15.9 Å². The van der Waals surface area contributed by atoms with Crippen LogP contribution in [0.5, 0.6) is 0 Å². The van der Waals surface area contributed by atoms with Gasteiger partial charge in [0.2, 0.25) is 0 Å². The molecule has 0 atom stereocenters. The third kappa shape index (κ3) is 5.72. The fraction of sp³-hybridized carbons (Fsp3) is 0.312. The summed E-state index contributed by atoms with van der Waals surface area (Å²) >= 11 is 3.51. The molecular formula is C32H34BrN3O. The van der Waals surface area contributed by atoms with Gasteiger partial charge in [-0.15, -0.1) is 0 Å². The Hall–Kier alpha value is -3.18. The summed E-state index contributed by atoms with van der Waals surface area (Å²) in [5.41, 5.74) is 6.37. The van der Waals surface area contributed by atoms with Crippen molar-refractivity contribution in [1.82, 2.24) is 14.0 Å². The number of fused-ring (bicyclic) bond motifs is 2. The summed E-state index contributed by atoms with van der Waals surface area (Å²) < 4.78 is 4.04. The van der Waals surface area contributed by atoms with Gasteiger partial charge in [-0.3, -0.25) is 4.79 Å². The number of hydrogen-bond acceptors (Lipinski definition) is 2. The van der Waals surface area contributed by atoms with Crippen LogP contribution in [0.3, 0.4) is 0 Å². The van der Waals surface area contributed by atoms with E-state index in [9.17, 15) is 4.79 Å². The number of hydrogen-bond donors (Lipinski definition) is 0. The van der Waals surface area contributed by atoms with Gasteiger partial charge in [0, 0.05) is 35.4 Å². The van der Waals surface area contributed by atoms with Gasteiger partial charge in [0.05, 0.1) is 16.6 Å². The standard InChI is InChI=1S/C32H34BrN3O/c33-21-13-5-3-1-2-4-6-14-23-36-28-19-11-10-18-27(28)34-31(32(36)37)26-24-35-22-15-12-20-29(35)30(26)25-16-8-7-9-17-25/h7-12,15-20,22,24H,1-6,13-14,21,23H2. The predicted molar refractivity (Wildman–Crippen MR) is 159 cm³/mol. The van der Waals surface area contributed by atoms with E-state index in [-0.39, 0.29) is 5.56 Å². The molecule has 0 aliphatic rings. The number of para-hydroxylation sites is 2. The third-order valence-corrected chi connectivity index (χ3v) is 7.68. The Morgan fingerprint density at radius 3 is 2.14 bits per heavy atom. The van der Waals surface area contributed by atoms with Crippen molar-refractivity contribution in [2.75, 3.05) is 5.33 Å². The topological polar surface area (TPSA) is 39.3 Å². The minimum Gasteiger partial charge on any atom is -0.323 e. The first-order valence-corrected chi connectivity index (χ1v) is 14.6. The normalized spacial score (nSPS) is 11.5. The van der Waals surface area contributed by atoms with Gasteiger partial charge in [0.25, 0.3) is 5.56 Å². The second-order valence-corrected chi connectivity index (χ2v) is 10.5. The Balaban J connectivity index is 1.47. The molecule has 4 nitrogen and oxygen atoms in total. The fourth-order valence-corrected chi connectivity index (χ4v) is 5.62. The van der Waals surface area contributed by atoms with E-state index < -0.39 is 0 Å². The molecule has 0 saturated carbocycles. The van der Waals surface area contributed by atoms with E-state index in [2.05, 4.69) is 44.7 Å². The summed E-state index contributed by atoms with van der Waals surface area (Å²) in [4.78, 5) is 18.9. The molecule has 0 aliphatic heterocycles. The summed E-state index contributed by atoms with van der Waals surface area (Å²) in [6.07, 6.45) is 13.9. The van der Waals surface area contributed by atoms with Crippen molar-refractivity contribution in [2.45, 2.75) is 57.9 Å². The van der Waals surface area contributed by atoms with Crippen LogP contribution in [0, 0.1) is 0 Å². The van der Waals surface area contributed by atoms with Crippen molar-refractivity contribution in [2.24, 2.45) is 0 Å². The zero-order chi connectivity index (χ0) is 25.5. The molecule has 2 aromatic carbocycles. The van der Waals surface area contributed by atoms with Crippen LogP contribution in [-0.4, -0.2) is 19.3 Å². The summed E-state index contributed by atoms with van der Waals surface area (Å²) in [5.74, 6) is 0. The van der Waals surface area contributed by atoms with Gasteiger partial charge in [0.1, 0.15) is 5.69 Å². The summed E-state index contributed by atoms with van der Waals surface area (Å²) in [6.45, 7) is 0.715. The fourth-order valence-electron chi connectivity index (χ4n) is 5.22. The molecule has 3 aromatic heterocycles. The molecule has 5 aromatic rings. The molecule has 0 radical (unpaired) electrons. The number of unbranched alkanes of at least 4 members (excludes halogenated alkanes) is 7. The Labute approximate surface area is 227 Å². The lowest BCUT2D eigenvalue weighted by atomic mass is 10.0. The maximum absolute atomic E-state index is 14.0. The summed E-state index contributed by atoms with van der Waals surface area (Å²) in [6, 6.07) is 24.5. The van der Waals surface area contributed by atoms with Gasteiger partial charge < -0.3 is 8.97 Å². The van der Waals surface area contributed by atoms with E-state index in [1.807, 2.05) is 65.4 Å². The highest BCUT2D eigenvalue weighted by Gasteiger charge is 2.20. The molecule has 0 fully saturated rings. The van der Waals surface area contributed by atoms with E-state index >= 15 is 0 Å². The zero-order valence-corrected chi connectivity index (χ0v) is 22.9. The number of nitrogens with zero attached hydrogens (tertiary/aromatic N) is 3. The van der Waals surface area contributed by atoms with E-state index in [0.29, 0.717) is 12.2 Å². The number of aryl methyl sites for hydroxylation is 1. The molecule has 37 heavy (non-hydrogen) atoms. The molecule has 3 heterocycles. The first-order valence-electron chi connectivity index (χ1n) is 13.5. The zero-order valence-electron chi connectivity index (χ0n) is 21.3. The van der Waals surface area contributed by atoms with Crippen LogP contribution in [0.4, 0.5) is 0 Å². The minimum absolute atomic E-state index is 0.0124. The van der Waals surface area contributed by atoms with Crippen LogP contribution in [-0.2, 0) is 6.54 Å². The van der Waals surface area contributed by atoms with Crippen molar-refractivity contribution in [3.05, 3.63) is 95.5 Å². The molecule has 0 spiro atoms. The number of benzene rings is 2. The molecule has 0 aliphatic carbocycles. The lowest BCUT2D eigenvalue weighted by Crippen LogP contribution is -2.24. The predicted octanol–water partition coefficient (Wildman–Crippen LogP) is 8.50. The van der Waals surface area contributed by atoms with Crippen LogP contribution in [0.15, 0.2) is 90.0 Å². The second kappa shape index (κ2) is 12.4. The average Bonchev–Trinajstić information content (AvgIpc) is 3.33. The quantitative estimate of drug-likeness (QED) is 0.114. The number of aromatic nitrogens is 3. The van der Waals surface area contributed by atoms with E-state index in [0.717, 1.165) is 51.4 Å². The van der Waals surface area contributed by atoms with Crippen LogP contribution in [0.1, 0.15) is 51.4 Å². The minimum atomic E-state index is -0.0124. The smallest absolute Gasteiger partial charge is 0.277 e. The summed E-state index contributed by atoms with van der Waals surface area (Å²) in [7, 11) is 0. The van der Waals surface area contributed by atoms with E-state index in [4.69, 9.17) is 4.98 Å². The monoisotopic (exact) mass is 555 g/mol. The summed E-state index contributed by atoms with van der Waals surface area (Å²) in [5, 5.41) is 1.11.